The predicted molar refractivity (Wildman–Crippen MR) is 82.2 cm³/mol. The number of H-pyrrole nitrogens is 1. The molecular formula is C17H12F3N3. The number of alkyl halides is 3. The van der Waals surface area contributed by atoms with Crippen molar-refractivity contribution in [2.75, 3.05) is 0 Å². The highest BCUT2D eigenvalue weighted by Gasteiger charge is 2.30. The summed E-state index contributed by atoms with van der Waals surface area (Å²) in [5, 5.41) is 10.3. The molecule has 0 atom stereocenters. The maximum Gasteiger partial charge on any atom is 0.416 e. The van der Waals surface area contributed by atoms with Crippen molar-refractivity contribution >= 4 is 12.2 Å². The molecule has 0 aliphatic rings. The maximum absolute atomic E-state index is 12.7. The van der Waals surface area contributed by atoms with Gasteiger partial charge in [0.25, 0.3) is 0 Å². The monoisotopic (exact) mass is 315 g/mol. The van der Waals surface area contributed by atoms with Crippen LogP contribution in [0.3, 0.4) is 0 Å². The standard InChI is InChI=1S/C17H12F3N3/c18-17(19,20)15-6-2-4-13(10-15)8-7-12-3-1-5-14(9-12)16-11-21-23-22-16/h1-11H,(H,21,22,23)/b8-7+. The number of hydrogen-bond acceptors (Lipinski definition) is 2. The van der Waals surface area contributed by atoms with Crippen molar-refractivity contribution in [1.29, 1.82) is 0 Å². The van der Waals surface area contributed by atoms with Gasteiger partial charge in [-0.25, -0.2) is 0 Å². The first-order valence-corrected chi connectivity index (χ1v) is 6.84. The van der Waals surface area contributed by atoms with Crippen molar-refractivity contribution in [2.24, 2.45) is 0 Å². The van der Waals surface area contributed by atoms with Gasteiger partial charge in [0.2, 0.25) is 0 Å². The number of nitrogens with one attached hydrogen (secondary N) is 1. The summed E-state index contributed by atoms with van der Waals surface area (Å²) in [4.78, 5) is 0. The number of aromatic nitrogens is 3. The van der Waals surface area contributed by atoms with Crippen LogP contribution in [-0.4, -0.2) is 15.4 Å². The number of halogens is 3. The third-order valence-electron chi connectivity index (χ3n) is 3.28. The molecule has 1 heterocycles. The van der Waals surface area contributed by atoms with E-state index in [1.165, 1.54) is 6.07 Å². The van der Waals surface area contributed by atoms with E-state index >= 15 is 0 Å². The van der Waals surface area contributed by atoms with Gasteiger partial charge in [-0.05, 0) is 29.3 Å². The van der Waals surface area contributed by atoms with Crippen molar-refractivity contribution in [3.63, 3.8) is 0 Å². The first-order valence-electron chi connectivity index (χ1n) is 6.84. The first-order chi connectivity index (χ1) is 11.0. The molecule has 0 fully saturated rings. The summed E-state index contributed by atoms with van der Waals surface area (Å²) in [6.45, 7) is 0. The van der Waals surface area contributed by atoms with Crippen molar-refractivity contribution in [2.45, 2.75) is 6.18 Å². The second-order valence-electron chi connectivity index (χ2n) is 4.94. The van der Waals surface area contributed by atoms with Gasteiger partial charge in [0.05, 0.1) is 11.8 Å². The van der Waals surface area contributed by atoms with Crippen LogP contribution >= 0.6 is 0 Å². The molecule has 0 bridgehead atoms. The Labute approximate surface area is 130 Å². The lowest BCUT2D eigenvalue weighted by Crippen LogP contribution is -2.04. The van der Waals surface area contributed by atoms with E-state index in [1.54, 1.807) is 24.4 Å². The Morgan fingerprint density at radius 2 is 1.61 bits per heavy atom. The van der Waals surface area contributed by atoms with E-state index in [9.17, 15) is 13.2 Å². The van der Waals surface area contributed by atoms with Gasteiger partial charge in [-0.2, -0.15) is 28.6 Å². The van der Waals surface area contributed by atoms with Gasteiger partial charge in [0.15, 0.2) is 0 Å². The third-order valence-corrected chi connectivity index (χ3v) is 3.28. The normalized spacial score (nSPS) is 12.0. The molecule has 1 N–H and O–H groups in total. The quantitative estimate of drug-likeness (QED) is 0.714. The van der Waals surface area contributed by atoms with Gasteiger partial charge in [0, 0.05) is 5.56 Å². The lowest BCUT2D eigenvalue weighted by atomic mass is 10.1. The Balaban J connectivity index is 1.85. The van der Waals surface area contributed by atoms with Crippen LogP contribution in [0.1, 0.15) is 16.7 Å². The third kappa shape index (κ3) is 3.66. The molecule has 2 aromatic carbocycles. The first kappa shape index (κ1) is 15.0. The van der Waals surface area contributed by atoms with Gasteiger partial charge in [0.1, 0.15) is 5.69 Å². The van der Waals surface area contributed by atoms with Crippen molar-refractivity contribution < 1.29 is 13.2 Å². The molecule has 6 heteroatoms. The molecular weight excluding hydrogens is 303 g/mol. The fourth-order valence-corrected chi connectivity index (χ4v) is 2.15. The largest absolute Gasteiger partial charge is 0.416 e. The van der Waals surface area contributed by atoms with E-state index in [4.69, 9.17) is 0 Å². The predicted octanol–water partition coefficient (Wildman–Crippen LogP) is 4.66. The highest BCUT2D eigenvalue weighted by atomic mass is 19.4. The average Bonchev–Trinajstić information content (AvgIpc) is 3.07. The topological polar surface area (TPSA) is 41.6 Å². The molecule has 3 rings (SSSR count). The molecule has 23 heavy (non-hydrogen) atoms. The van der Waals surface area contributed by atoms with Crippen LogP contribution in [0.25, 0.3) is 23.4 Å². The summed E-state index contributed by atoms with van der Waals surface area (Å²) in [6.07, 6.45) is 0.683. The van der Waals surface area contributed by atoms with E-state index in [1.807, 2.05) is 24.3 Å². The number of nitrogens with zero attached hydrogens (tertiary/aromatic N) is 2. The summed E-state index contributed by atoms with van der Waals surface area (Å²) in [7, 11) is 0. The van der Waals surface area contributed by atoms with E-state index in [2.05, 4.69) is 15.4 Å². The average molecular weight is 315 g/mol. The molecule has 0 spiro atoms. The van der Waals surface area contributed by atoms with Gasteiger partial charge in [-0.15, -0.1) is 0 Å². The molecule has 0 saturated heterocycles. The summed E-state index contributed by atoms with van der Waals surface area (Å²) in [5.74, 6) is 0. The van der Waals surface area contributed by atoms with E-state index in [-0.39, 0.29) is 0 Å². The van der Waals surface area contributed by atoms with E-state index in [0.717, 1.165) is 23.3 Å². The van der Waals surface area contributed by atoms with Crippen LogP contribution in [0.15, 0.2) is 54.7 Å². The molecule has 0 amide bonds. The number of rotatable bonds is 3. The summed E-state index contributed by atoms with van der Waals surface area (Å²) in [6, 6.07) is 12.7. The summed E-state index contributed by atoms with van der Waals surface area (Å²) >= 11 is 0. The molecule has 3 aromatic rings. The van der Waals surface area contributed by atoms with Crippen molar-refractivity contribution in [3.8, 4) is 11.3 Å². The Bertz CT molecular complexity index is 821. The molecule has 3 nitrogen and oxygen atoms in total. The molecule has 0 saturated carbocycles. The Kier molecular flexibility index (Phi) is 3.97. The Hall–Kier alpha value is -2.89. The van der Waals surface area contributed by atoms with Gasteiger partial charge < -0.3 is 0 Å². The minimum absolute atomic E-state index is 0.492. The van der Waals surface area contributed by atoms with Gasteiger partial charge >= 0.3 is 6.18 Å². The van der Waals surface area contributed by atoms with E-state index in [0.29, 0.717) is 11.3 Å². The summed E-state index contributed by atoms with van der Waals surface area (Å²) in [5.41, 5.74) is 2.29. The van der Waals surface area contributed by atoms with Crippen LogP contribution in [0.2, 0.25) is 0 Å². The van der Waals surface area contributed by atoms with Crippen LogP contribution in [0.4, 0.5) is 13.2 Å². The zero-order valence-electron chi connectivity index (χ0n) is 11.9. The number of aromatic amines is 1. The zero-order valence-corrected chi connectivity index (χ0v) is 11.9. The van der Waals surface area contributed by atoms with Crippen LogP contribution < -0.4 is 0 Å². The fourth-order valence-electron chi connectivity index (χ4n) is 2.15. The van der Waals surface area contributed by atoms with Crippen molar-refractivity contribution in [3.05, 3.63) is 71.4 Å². The molecule has 0 radical (unpaired) electrons. The second kappa shape index (κ2) is 6.08. The smallest absolute Gasteiger partial charge is 0.197 e. The Morgan fingerprint density at radius 1 is 0.913 bits per heavy atom. The highest BCUT2D eigenvalue weighted by molar-refractivity contribution is 5.72. The van der Waals surface area contributed by atoms with Crippen molar-refractivity contribution in [1.82, 2.24) is 15.4 Å². The summed E-state index contributed by atoms with van der Waals surface area (Å²) < 4.78 is 38.1. The van der Waals surface area contributed by atoms with E-state index < -0.39 is 11.7 Å². The van der Waals surface area contributed by atoms with Crippen LogP contribution in [0, 0.1) is 0 Å². The van der Waals surface area contributed by atoms with Gasteiger partial charge in [-0.1, -0.05) is 42.5 Å². The van der Waals surface area contributed by atoms with Crippen LogP contribution in [0.5, 0.6) is 0 Å². The zero-order chi connectivity index (χ0) is 16.3. The lowest BCUT2D eigenvalue weighted by molar-refractivity contribution is -0.137. The fraction of sp³-hybridized carbons (Fsp3) is 0.0588. The molecule has 1 aromatic heterocycles. The second-order valence-corrected chi connectivity index (χ2v) is 4.94. The molecule has 0 aliphatic carbocycles. The van der Waals surface area contributed by atoms with Crippen LogP contribution in [-0.2, 0) is 6.18 Å². The number of hydrogen-bond donors (Lipinski definition) is 1. The minimum Gasteiger partial charge on any atom is -0.197 e. The van der Waals surface area contributed by atoms with Gasteiger partial charge in [-0.3, -0.25) is 0 Å². The molecule has 0 aliphatic heterocycles. The lowest BCUT2D eigenvalue weighted by Gasteiger charge is -2.06. The Morgan fingerprint density at radius 3 is 2.26 bits per heavy atom. The molecule has 116 valence electrons. The minimum atomic E-state index is -4.34. The SMILES string of the molecule is FC(F)(F)c1cccc(/C=C/c2cccc(-c3cn[nH]n3)c2)c1. The highest BCUT2D eigenvalue weighted by Crippen LogP contribution is 2.30. The maximum atomic E-state index is 12.7. The molecule has 0 unspecified atom stereocenters. The number of benzene rings is 2.